The Morgan fingerprint density at radius 3 is 2.76 bits per heavy atom. The van der Waals surface area contributed by atoms with Gasteiger partial charge < -0.3 is 14.4 Å². The third-order valence-corrected chi connectivity index (χ3v) is 2.94. The lowest BCUT2D eigenvalue weighted by atomic mass is 9.98. The summed E-state index contributed by atoms with van der Waals surface area (Å²) in [7, 11) is 1.61. The predicted molar refractivity (Wildman–Crippen MR) is 62.2 cm³/mol. The van der Waals surface area contributed by atoms with E-state index in [0.29, 0.717) is 39.3 Å². The standard InChI is InChI=1S/C12H20N2O3/c1-16-10-7-14(6-2-5-13)12(15)11-3-8-17-9-4-11/h11H,2-4,6-10H2,1H3. The minimum absolute atomic E-state index is 0.0549. The number of carbonyl (C=O) groups excluding carboxylic acids is 1. The molecule has 0 unspecified atom stereocenters. The predicted octanol–water partition coefficient (Wildman–Crippen LogP) is 0.802. The topological polar surface area (TPSA) is 62.6 Å². The van der Waals surface area contributed by atoms with E-state index in [-0.39, 0.29) is 11.8 Å². The van der Waals surface area contributed by atoms with Crippen molar-refractivity contribution in [2.24, 2.45) is 5.92 Å². The van der Waals surface area contributed by atoms with Crippen LogP contribution in [0.2, 0.25) is 0 Å². The molecule has 1 saturated heterocycles. The number of hydrogen-bond donors (Lipinski definition) is 0. The SMILES string of the molecule is COCCN(CCC#N)C(=O)C1CCOCC1. The molecule has 0 atom stereocenters. The maximum atomic E-state index is 12.2. The molecule has 5 nitrogen and oxygen atoms in total. The van der Waals surface area contributed by atoms with Crippen molar-refractivity contribution < 1.29 is 14.3 Å². The van der Waals surface area contributed by atoms with E-state index >= 15 is 0 Å². The molecule has 0 aliphatic carbocycles. The van der Waals surface area contributed by atoms with Crippen molar-refractivity contribution in [2.75, 3.05) is 40.0 Å². The highest BCUT2D eigenvalue weighted by Crippen LogP contribution is 2.17. The molecule has 96 valence electrons. The van der Waals surface area contributed by atoms with E-state index < -0.39 is 0 Å². The zero-order valence-electron chi connectivity index (χ0n) is 10.4. The van der Waals surface area contributed by atoms with Gasteiger partial charge in [0.2, 0.25) is 5.91 Å². The Labute approximate surface area is 102 Å². The van der Waals surface area contributed by atoms with E-state index in [9.17, 15) is 4.79 Å². The molecule has 1 heterocycles. The number of methoxy groups -OCH3 is 1. The van der Waals surface area contributed by atoms with E-state index in [1.54, 1.807) is 12.0 Å². The molecule has 1 aliphatic heterocycles. The van der Waals surface area contributed by atoms with E-state index in [0.717, 1.165) is 12.8 Å². The number of nitrogens with zero attached hydrogens (tertiary/aromatic N) is 2. The maximum Gasteiger partial charge on any atom is 0.225 e. The minimum Gasteiger partial charge on any atom is -0.383 e. The molecule has 0 spiro atoms. The fourth-order valence-corrected chi connectivity index (χ4v) is 1.92. The van der Waals surface area contributed by atoms with Gasteiger partial charge in [-0.05, 0) is 12.8 Å². The van der Waals surface area contributed by atoms with E-state index in [1.165, 1.54) is 0 Å². The molecule has 5 heteroatoms. The average Bonchev–Trinajstić information content (AvgIpc) is 2.39. The van der Waals surface area contributed by atoms with Crippen LogP contribution in [0.3, 0.4) is 0 Å². The molecular weight excluding hydrogens is 220 g/mol. The fourth-order valence-electron chi connectivity index (χ4n) is 1.92. The minimum atomic E-state index is 0.0549. The van der Waals surface area contributed by atoms with Crippen LogP contribution in [0, 0.1) is 17.2 Å². The number of hydrogen-bond acceptors (Lipinski definition) is 4. The van der Waals surface area contributed by atoms with Crippen LogP contribution < -0.4 is 0 Å². The Hall–Kier alpha value is -1.12. The number of amides is 1. The average molecular weight is 240 g/mol. The third kappa shape index (κ3) is 4.72. The number of rotatable bonds is 6. The number of nitriles is 1. The molecular formula is C12H20N2O3. The van der Waals surface area contributed by atoms with Gasteiger partial charge in [-0.15, -0.1) is 0 Å². The summed E-state index contributed by atoms with van der Waals surface area (Å²) < 4.78 is 10.2. The number of ether oxygens (including phenoxy) is 2. The van der Waals surface area contributed by atoms with Crippen LogP contribution >= 0.6 is 0 Å². The zero-order valence-corrected chi connectivity index (χ0v) is 10.4. The second-order valence-electron chi connectivity index (χ2n) is 4.11. The first-order valence-corrected chi connectivity index (χ1v) is 6.02. The Kier molecular flexibility index (Phi) is 6.60. The van der Waals surface area contributed by atoms with Gasteiger partial charge in [-0.3, -0.25) is 4.79 Å². The monoisotopic (exact) mass is 240 g/mol. The van der Waals surface area contributed by atoms with Gasteiger partial charge in [0.25, 0.3) is 0 Å². The van der Waals surface area contributed by atoms with Gasteiger partial charge in [-0.2, -0.15) is 5.26 Å². The van der Waals surface area contributed by atoms with Crippen LogP contribution in [0.1, 0.15) is 19.3 Å². The van der Waals surface area contributed by atoms with Crippen molar-refractivity contribution in [3.8, 4) is 6.07 Å². The Bertz CT molecular complexity index is 269. The molecule has 17 heavy (non-hydrogen) atoms. The first kappa shape index (κ1) is 13.9. The quantitative estimate of drug-likeness (QED) is 0.689. The Morgan fingerprint density at radius 2 is 2.18 bits per heavy atom. The maximum absolute atomic E-state index is 12.2. The highest BCUT2D eigenvalue weighted by molar-refractivity contribution is 5.79. The highest BCUT2D eigenvalue weighted by Gasteiger charge is 2.25. The van der Waals surface area contributed by atoms with Crippen LogP contribution in [0.4, 0.5) is 0 Å². The van der Waals surface area contributed by atoms with Crippen LogP contribution in [0.25, 0.3) is 0 Å². The second kappa shape index (κ2) is 8.04. The van der Waals surface area contributed by atoms with Crippen LogP contribution in [0.15, 0.2) is 0 Å². The molecule has 1 amide bonds. The molecule has 0 N–H and O–H groups in total. The smallest absolute Gasteiger partial charge is 0.225 e. The summed E-state index contributed by atoms with van der Waals surface area (Å²) in [6, 6.07) is 2.07. The molecule has 0 radical (unpaired) electrons. The summed E-state index contributed by atoms with van der Waals surface area (Å²) in [6.45, 7) is 2.89. The Balaban J connectivity index is 2.47. The van der Waals surface area contributed by atoms with Gasteiger partial charge in [0.15, 0.2) is 0 Å². The summed E-state index contributed by atoms with van der Waals surface area (Å²) in [4.78, 5) is 14.0. The molecule has 1 rings (SSSR count). The van der Waals surface area contributed by atoms with Gasteiger partial charge in [-0.1, -0.05) is 0 Å². The van der Waals surface area contributed by atoms with Gasteiger partial charge in [-0.25, -0.2) is 0 Å². The fraction of sp³-hybridized carbons (Fsp3) is 0.833. The summed E-state index contributed by atoms with van der Waals surface area (Å²) in [6.07, 6.45) is 1.95. The molecule has 0 aromatic carbocycles. The Morgan fingerprint density at radius 1 is 1.47 bits per heavy atom. The van der Waals surface area contributed by atoms with Crippen LogP contribution in [0.5, 0.6) is 0 Å². The first-order chi connectivity index (χ1) is 8.29. The first-order valence-electron chi connectivity index (χ1n) is 6.02. The lowest BCUT2D eigenvalue weighted by Crippen LogP contribution is -2.40. The molecule has 0 aromatic heterocycles. The third-order valence-electron chi connectivity index (χ3n) is 2.94. The molecule has 1 aliphatic rings. The van der Waals surface area contributed by atoms with Crippen molar-refractivity contribution in [3.63, 3.8) is 0 Å². The van der Waals surface area contributed by atoms with E-state index in [1.807, 2.05) is 0 Å². The van der Waals surface area contributed by atoms with Crippen molar-refractivity contribution >= 4 is 5.91 Å². The molecule has 1 fully saturated rings. The van der Waals surface area contributed by atoms with Crippen LogP contribution in [-0.2, 0) is 14.3 Å². The summed E-state index contributed by atoms with van der Waals surface area (Å²) >= 11 is 0. The normalized spacial score (nSPS) is 16.5. The van der Waals surface area contributed by atoms with Gasteiger partial charge >= 0.3 is 0 Å². The van der Waals surface area contributed by atoms with Gasteiger partial charge in [0, 0.05) is 39.3 Å². The lowest BCUT2D eigenvalue weighted by Gasteiger charge is -2.28. The van der Waals surface area contributed by atoms with E-state index in [2.05, 4.69) is 6.07 Å². The van der Waals surface area contributed by atoms with Gasteiger partial charge in [0.1, 0.15) is 0 Å². The summed E-state index contributed by atoms with van der Waals surface area (Å²) in [5, 5.41) is 8.59. The van der Waals surface area contributed by atoms with Gasteiger partial charge in [0.05, 0.1) is 19.1 Å². The van der Waals surface area contributed by atoms with Crippen molar-refractivity contribution in [1.82, 2.24) is 4.90 Å². The molecule has 0 saturated carbocycles. The van der Waals surface area contributed by atoms with Crippen LogP contribution in [-0.4, -0.2) is 50.8 Å². The van der Waals surface area contributed by atoms with Crippen molar-refractivity contribution in [2.45, 2.75) is 19.3 Å². The van der Waals surface area contributed by atoms with E-state index in [4.69, 9.17) is 14.7 Å². The van der Waals surface area contributed by atoms with Crippen molar-refractivity contribution in [3.05, 3.63) is 0 Å². The highest BCUT2D eigenvalue weighted by atomic mass is 16.5. The number of carbonyl (C=O) groups is 1. The lowest BCUT2D eigenvalue weighted by molar-refractivity contribution is -0.139. The van der Waals surface area contributed by atoms with Crippen molar-refractivity contribution in [1.29, 1.82) is 5.26 Å². The summed E-state index contributed by atoms with van der Waals surface area (Å²) in [5.74, 6) is 0.194. The zero-order chi connectivity index (χ0) is 12.5. The largest absolute Gasteiger partial charge is 0.383 e. The second-order valence-corrected chi connectivity index (χ2v) is 4.11. The summed E-state index contributed by atoms with van der Waals surface area (Å²) in [5.41, 5.74) is 0. The molecule has 0 aromatic rings. The molecule has 0 bridgehead atoms.